The van der Waals surface area contributed by atoms with Gasteiger partial charge < -0.3 is 19.8 Å². The van der Waals surface area contributed by atoms with Crippen molar-refractivity contribution in [1.82, 2.24) is 9.55 Å². The molecule has 0 saturated carbocycles. The maximum Gasteiger partial charge on any atom is 0.201 e. The second-order valence-corrected chi connectivity index (χ2v) is 4.78. The number of aromatic nitrogens is 2. The van der Waals surface area contributed by atoms with Crippen LogP contribution in [-0.4, -0.2) is 22.8 Å². The molecule has 1 aromatic carbocycles. The number of nitrogen functional groups attached to an aromatic ring is 1. The van der Waals surface area contributed by atoms with Gasteiger partial charge in [0.05, 0.1) is 0 Å². The maximum absolute atomic E-state index is 5.78. The summed E-state index contributed by atoms with van der Waals surface area (Å²) < 4.78 is 13.7. The van der Waals surface area contributed by atoms with Crippen LogP contribution >= 0.6 is 15.9 Å². The van der Waals surface area contributed by atoms with Gasteiger partial charge in [-0.25, -0.2) is 4.98 Å². The number of fused-ring (bicyclic) bond motifs is 1. The Balaban J connectivity index is 2.09. The molecular weight excluding hydrogens is 298 g/mol. The highest BCUT2D eigenvalue weighted by molar-refractivity contribution is 9.10. The van der Waals surface area contributed by atoms with Gasteiger partial charge in [0.15, 0.2) is 11.5 Å². The van der Waals surface area contributed by atoms with E-state index in [1.54, 1.807) is 4.57 Å². The van der Waals surface area contributed by atoms with Crippen molar-refractivity contribution >= 4 is 21.9 Å². The van der Waals surface area contributed by atoms with Crippen molar-refractivity contribution in [1.29, 1.82) is 0 Å². The molecule has 5 nitrogen and oxygen atoms in total. The maximum atomic E-state index is 5.78. The van der Waals surface area contributed by atoms with Gasteiger partial charge in [0, 0.05) is 12.6 Å². The Kier molecular flexibility index (Phi) is 2.66. The molecule has 0 atom stereocenters. The summed E-state index contributed by atoms with van der Waals surface area (Å²) in [5.41, 5.74) is 7.52. The van der Waals surface area contributed by atoms with Crippen LogP contribution in [0.3, 0.4) is 0 Å². The average molecular weight is 310 g/mol. The third-order valence-corrected chi connectivity index (χ3v) is 3.78. The Morgan fingerprint density at radius 2 is 2.00 bits per heavy atom. The van der Waals surface area contributed by atoms with Gasteiger partial charge >= 0.3 is 0 Å². The van der Waals surface area contributed by atoms with E-state index in [1.807, 2.05) is 25.2 Å². The summed E-state index contributed by atoms with van der Waals surface area (Å²) in [5, 5.41) is 0. The van der Waals surface area contributed by atoms with Crippen molar-refractivity contribution in [2.24, 2.45) is 7.05 Å². The highest BCUT2D eigenvalue weighted by Crippen LogP contribution is 2.36. The first-order chi connectivity index (χ1) is 8.66. The third kappa shape index (κ3) is 1.73. The van der Waals surface area contributed by atoms with E-state index >= 15 is 0 Å². The summed E-state index contributed by atoms with van der Waals surface area (Å²) in [6, 6.07) is 5.75. The molecule has 0 spiro atoms. The summed E-state index contributed by atoms with van der Waals surface area (Å²) >= 11 is 3.48. The molecule has 0 amide bonds. The van der Waals surface area contributed by atoms with Gasteiger partial charge in [-0.15, -0.1) is 0 Å². The number of anilines is 1. The minimum Gasteiger partial charge on any atom is -0.486 e. The largest absolute Gasteiger partial charge is 0.486 e. The fraction of sp³-hybridized carbons (Fsp3) is 0.250. The van der Waals surface area contributed by atoms with Crippen LogP contribution < -0.4 is 15.2 Å². The van der Waals surface area contributed by atoms with Crippen molar-refractivity contribution in [3.05, 3.63) is 22.8 Å². The molecule has 3 rings (SSSR count). The van der Waals surface area contributed by atoms with Crippen molar-refractivity contribution in [3.8, 4) is 22.8 Å². The van der Waals surface area contributed by atoms with Gasteiger partial charge in [-0.05, 0) is 34.1 Å². The molecule has 1 aliphatic heterocycles. The molecule has 0 saturated heterocycles. The summed E-state index contributed by atoms with van der Waals surface area (Å²) in [4.78, 5) is 4.33. The molecule has 0 aliphatic carbocycles. The average Bonchev–Trinajstić information content (AvgIpc) is 2.66. The van der Waals surface area contributed by atoms with Gasteiger partial charge in [-0.1, -0.05) is 0 Å². The van der Waals surface area contributed by atoms with Crippen LogP contribution in [0.5, 0.6) is 11.5 Å². The quantitative estimate of drug-likeness (QED) is 0.877. The number of hydrogen-bond acceptors (Lipinski definition) is 4. The predicted octanol–water partition coefficient (Wildman–Crippen LogP) is 2.20. The molecule has 0 radical (unpaired) electrons. The molecule has 94 valence electrons. The fourth-order valence-electron chi connectivity index (χ4n) is 1.87. The molecule has 0 fully saturated rings. The Morgan fingerprint density at radius 3 is 2.67 bits per heavy atom. The second-order valence-electron chi connectivity index (χ2n) is 4.03. The van der Waals surface area contributed by atoms with Crippen molar-refractivity contribution in [3.63, 3.8) is 0 Å². The molecule has 6 heteroatoms. The van der Waals surface area contributed by atoms with Crippen molar-refractivity contribution in [2.45, 2.75) is 0 Å². The van der Waals surface area contributed by atoms with E-state index in [4.69, 9.17) is 15.2 Å². The zero-order valence-electron chi connectivity index (χ0n) is 9.81. The number of nitrogens with zero attached hydrogens (tertiary/aromatic N) is 2. The topological polar surface area (TPSA) is 62.3 Å². The summed E-state index contributed by atoms with van der Waals surface area (Å²) in [6.07, 6.45) is 0. The lowest BCUT2D eigenvalue weighted by Crippen LogP contribution is -2.15. The zero-order chi connectivity index (χ0) is 12.7. The van der Waals surface area contributed by atoms with Crippen LogP contribution in [0.2, 0.25) is 0 Å². The van der Waals surface area contributed by atoms with Crippen LogP contribution in [0.4, 0.5) is 5.95 Å². The lowest BCUT2D eigenvalue weighted by atomic mass is 10.1. The Bertz CT molecular complexity index is 610. The minimum atomic E-state index is 0.465. The summed E-state index contributed by atoms with van der Waals surface area (Å²) in [5.74, 6) is 1.98. The van der Waals surface area contributed by atoms with E-state index in [0.29, 0.717) is 19.2 Å². The van der Waals surface area contributed by atoms with E-state index in [-0.39, 0.29) is 0 Å². The number of halogens is 1. The van der Waals surface area contributed by atoms with E-state index in [9.17, 15) is 0 Å². The summed E-state index contributed by atoms with van der Waals surface area (Å²) in [7, 11) is 1.86. The molecule has 1 aromatic heterocycles. The highest BCUT2D eigenvalue weighted by Gasteiger charge is 2.16. The van der Waals surface area contributed by atoms with E-state index in [1.165, 1.54) is 0 Å². The highest BCUT2D eigenvalue weighted by atomic mass is 79.9. The predicted molar refractivity (Wildman–Crippen MR) is 71.7 cm³/mol. The van der Waals surface area contributed by atoms with Crippen LogP contribution in [0, 0.1) is 0 Å². The molecular formula is C12H12BrN3O2. The zero-order valence-corrected chi connectivity index (χ0v) is 11.4. The van der Waals surface area contributed by atoms with Crippen LogP contribution in [0.15, 0.2) is 22.8 Å². The molecule has 0 bridgehead atoms. The molecule has 0 unspecified atom stereocenters. The number of benzene rings is 1. The number of rotatable bonds is 1. The first-order valence-corrected chi connectivity index (χ1v) is 6.34. The first-order valence-electron chi connectivity index (χ1n) is 5.54. The molecule has 2 N–H and O–H groups in total. The normalized spacial score (nSPS) is 13.7. The van der Waals surface area contributed by atoms with Crippen LogP contribution in [0.25, 0.3) is 11.3 Å². The standard InChI is InChI=1S/C12H12BrN3O2/c1-16-11(13)10(15-12(16)14)7-2-3-8-9(6-7)18-5-4-17-8/h2-3,6H,4-5H2,1H3,(H2,14,15). The van der Waals surface area contributed by atoms with Gasteiger partial charge in [-0.2, -0.15) is 0 Å². The summed E-state index contributed by atoms with van der Waals surface area (Å²) in [6.45, 7) is 1.16. The molecule has 2 aromatic rings. The lowest BCUT2D eigenvalue weighted by Gasteiger charge is -2.18. The molecule has 1 aliphatic rings. The SMILES string of the molecule is Cn1c(N)nc(-c2ccc3c(c2)OCCO3)c1Br. The van der Waals surface area contributed by atoms with Crippen molar-refractivity contribution < 1.29 is 9.47 Å². The lowest BCUT2D eigenvalue weighted by molar-refractivity contribution is 0.171. The minimum absolute atomic E-state index is 0.465. The third-order valence-electron chi connectivity index (χ3n) is 2.88. The number of nitrogens with two attached hydrogens (primary N) is 1. The van der Waals surface area contributed by atoms with Crippen LogP contribution in [-0.2, 0) is 7.05 Å². The van der Waals surface area contributed by atoms with E-state index in [2.05, 4.69) is 20.9 Å². The second kappa shape index (κ2) is 4.20. The Labute approximate surface area is 113 Å². The Hall–Kier alpha value is -1.69. The molecule has 18 heavy (non-hydrogen) atoms. The number of ether oxygens (including phenoxy) is 2. The van der Waals surface area contributed by atoms with Gasteiger partial charge in [0.25, 0.3) is 0 Å². The van der Waals surface area contributed by atoms with Gasteiger partial charge in [0.2, 0.25) is 5.95 Å². The Morgan fingerprint density at radius 1 is 1.28 bits per heavy atom. The number of hydrogen-bond donors (Lipinski definition) is 1. The van der Waals surface area contributed by atoms with Crippen molar-refractivity contribution in [2.75, 3.05) is 18.9 Å². The van der Waals surface area contributed by atoms with E-state index < -0.39 is 0 Å². The van der Waals surface area contributed by atoms with Gasteiger partial charge in [-0.3, -0.25) is 0 Å². The monoisotopic (exact) mass is 309 g/mol. The first kappa shape index (κ1) is 11.4. The fourth-order valence-corrected chi connectivity index (χ4v) is 2.37. The van der Waals surface area contributed by atoms with Gasteiger partial charge in [0.1, 0.15) is 23.5 Å². The van der Waals surface area contributed by atoms with E-state index in [0.717, 1.165) is 27.4 Å². The number of imidazole rings is 1. The smallest absolute Gasteiger partial charge is 0.201 e. The molecule has 2 heterocycles. The van der Waals surface area contributed by atoms with Crippen LogP contribution in [0.1, 0.15) is 0 Å².